The molecule has 0 unspecified atom stereocenters. The molecule has 3 N–H and O–H groups in total. The van der Waals surface area contributed by atoms with Crippen LogP contribution in [0.2, 0.25) is 0 Å². The molecule has 6 nitrogen and oxygen atoms in total. The van der Waals surface area contributed by atoms with E-state index in [1.807, 2.05) is 31.2 Å². The molecule has 0 radical (unpaired) electrons. The molecular formula is C23H26N4O2. The number of anilines is 2. The van der Waals surface area contributed by atoms with Gasteiger partial charge in [-0.05, 0) is 49.6 Å². The first kappa shape index (κ1) is 19.2. The Hall–Kier alpha value is -3.15. The van der Waals surface area contributed by atoms with Crippen LogP contribution in [0.1, 0.15) is 48.2 Å². The number of aryl methyl sites for hydroxylation is 1. The topological polar surface area (TPSA) is 90.1 Å². The molecule has 6 heteroatoms. The van der Waals surface area contributed by atoms with Gasteiger partial charge in [-0.25, -0.2) is 4.98 Å². The Kier molecular flexibility index (Phi) is 5.60. The Morgan fingerprint density at radius 2 is 2.03 bits per heavy atom. The number of aromatic nitrogens is 2. The molecule has 1 aliphatic rings. The van der Waals surface area contributed by atoms with Crippen LogP contribution in [0, 0.1) is 12.8 Å². The summed E-state index contributed by atoms with van der Waals surface area (Å²) in [7, 11) is 0. The zero-order chi connectivity index (χ0) is 20.2. The van der Waals surface area contributed by atoms with Gasteiger partial charge in [-0.15, -0.1) is 0 Å². The Bertz CT molecular complexity index is 1030. The molecule has 0 saturated heterocycles. The maximum absolute atomic E-state index is 12.6. The minimum absolute atomic E-state index is 0.209. The molecule has 0 atom stereocenters. The number of amides is 1. The van der Waals surface area contributed by atoms with Gasteiger partial charge in [0.2, 0.25) is 5.88 Å². The second-order valence-electron chi connectivity index (χ2n) is 7.70. The van der Waals surface area contributed by atoms with E-state index in [1.165, 1.54) is 25.7 Å². The number of nitrogens with zero attached hydrogens (tertiary/aromatic N) is 2. The maximum Gasteiger partial charge on any atom is 0.255 e. The molecule has 1 saturated carbocycles. The van der Waals surface area contributed by atoms with Crippen LogP contribution in [-0.4, -0.2) is 22.5 Å². The number of pyridine rings is 2. The Morgan fingerprint density at radius 1 is 1.21 bits per heavy atom. The van der Waals surface area contributed by atoms with Gasteiger partial charge < -0.3 is 15.8 Å². The third-order valence-corrected chi connectivity index (χ3v) is 5.53. The number of fused-ring (bicyclic) bond motifs is 1. The monoisotopic (exact) mass is 390 g/mol. The summed E-state index contributed by atoms with van der Waals surface area (Å²) in [5.74, 6) is 1.23. The van der Waals surface area contributed by atoms with Crippen LogP contribution < -0.4 is 15.8 Å². The quantitative estimate of drug-likeness (QED) is 0.635. The molecule has 3 aromatic rings. The van der Waals surface area contributed by atoms with Crippen LogP contribution >= 0.6 is 0 Å². The van der Waals surface area contributed by atoms with Gasteiger partial charge in [0.25, 0.3) is 5.91 Å². The van der Waals surface area contributed by atoms with Crippen LogP contribution in [0.4, 0.5) is 11.4 Å². The summed E-state index contributed by atoms with van der Waals surface area (Å²) in [6.45, 7) is 2.53. The highest BCUT2D eigenvalue weighted by molar-refractivity contribution is 6.06. The lowest BCUT2D eigenvalue weighted by molar-refractivity contribution is 0.102. The van der Waals surface area contributed by atoms with Crippen molar-refractivity contribution in [2.45, 2.75) is 39.0 Å². The summed E-state index contributed by atoms with van der Waals surface area (Å²) in [4.78, 5) is 21.4. The van der Waals surface area contributed by atoms with E-state index in [2.05, 4.69) is 15.3 Å². The third kappa shape index (κ3) is 4.65. The first-order valence-corrected chi connectivity index (χ1v) is 10.2. The first-order valence-electron chi connectivity index (χ1n) is 10.2. The molecule has 2 aromatic heterocycles. The van der Waals surface area contributed by atoms with E-state index < -0.39 is 0 Å². The zero-order valence-corrected chi connectivity index (χ0v) is 16.6. The van der Waals surface area contributed by atoms with Crippen LogP contribution in [0.25, 0.3) is 10.9 Å². The zero-order valence-electron chi connectivity index (χ0n) is 16.6. The number of hydrogen-bond acceptors (Lipinski definition) is 5. The van der Waals surface area contributed by atoms with Gasteiger partial charge in [0.1, 0.15) is 0 Å². The highest BCUT2D eigenvalue weighted by atomic mass is 16.5. The number of rotatable bonds is 6. The summed E-state index contributed by atoms with van der Waals surface area (Å²) in [5.41, 5.74) is 8.96. The van der Waals surface area contributed by atoms with Crippen molar-refractivity contribution in [2.24, 2.45) is 5.92 Å². The summed E-state index contributed by atoms with van der Waals surface area (Å²) < 4.78 is 5.85. The number of benzene rings is 1. The normalized spacial score (nSPS) is 14.2. The van der Waals surface area contributed by atoms with Crippen molar-refractivity contribution >= 4 is 28.2 Å². The standard InChI is InChI=1S/C23H26N4O2/c1-15-21(13-19(24)14-25-15)27-23(28)18-6-8-20-17(12-18)7-9-22(26-20)29-11-10-16-4-2-3-5-16/h6-9,12-14,16H,2-5,10-11,24H2,1H3,(H,27,28). The number of ether oxygens (including phenoxy) is 1. The molecule has 29 heavy (non-hydrogen) atoms. The highest BCUT2D eigenvalue weighted by Gasteiger charge is 2.15. The average molecular weight is 390 g/mol. The molecule has 150 valence electrons. The van der Waals surface area contributed by atoms with E-state index in [4.69, 9.17) is 10.5 Å². The fourth-order valence-corrected chi connectivity index (χ4v) is 3.83. The van der Waals surface area contributed by atoms with Crippen molar-refractivity contribution < 1.29 is 9.53 Å². The fourth-order valence-electron chi connectivity index (χ4n) is 3.83. The van der Waals surface area contributed by atoms with Crippen molar-refractivity contribution in [2.75, 3.05) is 17.7 Å². The summed E-state index contributed by atoms with van der Waals surface area (Å²) >= 11 is 0. The van der Waals surface area contributed by atoms with E-state index in [-0.39, 0.29) is 5.91 Å². The molecule has 0 aliphatic heterocycles. The Balaban J connectivity index is 1.43. The molecule has 1 amide bonds. The second-order valence-corrected chi connectivity index (χ2v) is 7.70. The molecule has 4 rings (SSSR count). The Labute approximate surface area is 170 Å². The number of nitrogens with two attached hydrogens (primary N) is 1. The molecule has 1 fully saturated rings. The average Bonchev–Trinajstić information content (AvgIpc) is 3.24. The van der Waals surface area contributed by atoms with Crippen LogP contribution in [0.3, 0.4) is 0 Å². The number of hydrogen-bond donors (Lipinski definition) is 2. The minimum Gasteiger partial charge on any atom is -0.478 e. The van der Waals surface area contributed by atoms with Gasteiger partial charge in [0, 0.05) is 17.0 Å². The molecule has 2 heterocycles. The largest absolute Gasteiger partial charge is 0.478 e. The number of carbonyl (C=O) groups is 1. The summed E-state index contributed by atoms with van der Waals surface area (Å²) in [5, 5.41) is 3.76. The lowest BCUT2D eigenvalue weighted by Gasteiger charge is -2.11. The van der Waals surface area contributed by atoms with E-state index in [9.17, 15) is 4.79 Å². The highest BCUT2D eigenvalue weighted by Crippen LogP contribution is 2.27. The Morgan fingerprint density at radius 3 is 2.86 bits per heavy atom. The third-order valence-electron chi connectivity index (χ3n) is 5.53. The van der Waals surface area contributed by atoms with Crippen molar-refractivity contribution in [3.8, 4) is 5.88 Å². The van der Waals surface area contributed by atoms with Gasteiger partial charge >= 0.3 is 0 Å². The molecule has 0 bridgehead atoms. The number of nitrogen functional groups attached to an aromatic ring is 1. The lowest BCUT2D eigenvalue weighted by Crippen LogP contribution is -2.13. The SMILES string of the molecule is Cc1ncc(N)cc1NC(=O)c1ccc2nc(OCCC3CCCC3)ccc2c1. The van der Waals surface area contributed by atoms with E-state index >= 15 is 0 Å². The molecule has 1 aliphatic carbocycles. The molecule has 1 aromatic carbocycles. The lowest BCUT2D eigenvalue weighted by atomic mass is 10.1. The van der Waals surface area contributed by atoms with Crippen LogP contribution in [-0.2, 0) is 0 Å². The summed E-state index contributed by atoms with van der Waals surface area (Å²) in [6.07, 6.45) is 8.01. The van der Waals surface area contributed by atoms with Crippen molar-refractivity contribution in [3.63, 3.8) is 0 Å². The van der Waals surface area contributed by atoms with Gasteiger partial charge in [-0.1, -0.05) is 25.7 Å². The molecule has 0 spiro atoms. The first-order chi connectivity index (χ1) is 14.1. The summed E-state index contributed by atoms with van der Waals surface area (Å²) in [6, 6.07) is 11.0. The maximum atomic E-state index is 12.6. The predicted molar refractivity (Wildman–Crippen MR) is 115 cm³/mol. The van der Waals surface area contributed by atoms with Crippen molar-refractivity contribution in [1.29, 1.82) is 0 Å². The van der Waals surface area contributed by atoms with Gasteiger partial charge in [-0.2, -0.15) is 0 Å². The van der Waals surface area contributed by atoms with Gasteiger partial charge in [-0.3, -0.25) is 9.78 Å². The van der Waals surface area contributed by atoms with Gasteiger partial charge in [0.05, 0.1) is 35.4 Å². The predicted octanol–water partition coefficient (Wildman–Crippen LogP) is 4.73. The smallest absolute Gasteiger partial charge is 0.255 e. The number of carbonyl (C=O) groups excluding carboxylic acids is 1. The fraction of sp³-hybridized carbons (Fsp3) is 0.348. The van der Waals surface area contributed by atoms with E-state index in [1.54, 1.807) is 18.3 Å². The minimum atomic E-state index is -0.209. The number of nitrogens with one attached hydrogen (secondary N) is 1. The van der Waals surface area contributed by atoms with Crippen molar-refractivity contribution in [3.05, 3.63) is 53.9 Å². The van der Waals surface area contributed by atoms with Crippen molar-refractivity contribution in [1.82, 2.24) is 9.97 Å². The van der Waals surface area contributed by atoms with Crippen LogP contribution in [0.15, 0.2) is 42.6 Å². The van der Waals surface area contributed by atoms with E-state index in [0.29, 0.717) is 29.4 Å². The van der Waals surface area contributed by atoms with Crippen LogP contribution in [0.5, 0.6) is 5.88 Å². The second kappa shape index (κ2) is 8.47. The molecular weight excluding hydrogens is 364 g/mol. The van der Waals surface area contributed by atoms with Gasteiger partial charge in [0.15, 0.2) is 0 Å². The van der Waals surface area contributed by atoms with E-state index in [0.717, 1.165) is 28.9 Å².